The Balaban J connectivity index is 1.82. The van der Waals surface area contributed by atoms with Gasteiger partial charge in [-0.05, 0) is 55.3 Å². The van der Waals surface area contributed by atoms with E-state index in [4.69, 9.17) is 27.9 Å². The summed E-state index contributed by atoms with van der Waals surface area (Å²) in [6.07, 6.45) is 1.51. The van der Waals surface area contributed by atoms with Gasteiger partial charge in [-0.2, -0.15) is 0 Å². The van der Waals surface area contributed by atoms with E-state index >= 15 is 0 Å². The van der Waals surface area contributed by atoms with Crippen LogP contribution < -0.4 is 4.74 Å². The van der Waals surface area contributed by atoms with Crippen molar-refractivity contribution in [2.24, 2.45) is 0 Å². The van der Waals surface area contributed by atoms with Crippen molar-refractivity contribution >= 4 is 40.1 Å². The van der Waals surface area contributed by atoms with Crippen molar-refractivity contribution < 1.29 is 9.53 Å². The van der Waals surface area contributed by atoms with Crippen LogP contribution in [-0.4, -0.2) is 22.1 Å². The van der Waals surface area contributed by atoms with Crippen LogP contribution in [0, 0.1) is 13.8 Å². The number of benzene rings is 2. The van der Waals surface area contributed by atoms with Crippen LogP contribution in [0.5, 0.6) is 5.75 Å². The predicted octanol–water partition coefficient (Wildman–Crippen LogP) is 4.68. The molecule has 0 aliphatic heterocycles. The lowest BCUT2D eigenvalue weighted by atomic mass is 10.1. The molecule has 118 valence electrons. The summed E-state index contributed by atoms with van der Waals surface area (Å²) >= 11 is 11.9. The molecule has 0 unspecified atom stereocenters. The minimum atomic E-state index is -0.221. The highest BCUT2D eigenvalue weighted by Crippen LogP contribution is 2.27. The quantitative estimate of drug-likeness (QED) is 0.690. The second kappa shape index (κ2) is 6.22. The molecule has 0 radical (unpaired) electrons. The minimum absolute atomic E-state index is 0.139. The molecule has 3 rings (SSSR count). The van der Waals surface area contributed by atoms with E-state index in [0.29, 0.717) is 15.8 Å². The smallest absolute Gasteiger partial charge is 0.270 e. The summed E-state index contributed by atoms with van der Waals surface area (Å²) in [5.41, 5.74) is 3.79. The summed E-state index contributed by atoms with van der Waals surface area (Å²) in [6.45, 7) is 3.88. The van der Waals surface area contributed by atoms with Gasteiger partial charge >= 0.3 is 0 Å². The number of hydrogen-bond acceptors (Lipinski definition) is 3. The SMILES string of the molecule is Cc1cc2ncn(C(=O)COc3ccc(Cl)cc3Cl)c2cc1C. The standard InChI is InChI=1S/C17H14Cl2N2O2/c1-10-5-14-15(6-11(10)2)21(9-20-14)17(22)8-23-16-4-3-12(18)7-13(16)19/h3-7,9H,8H2,1-2H3. The second-order valence-electron chi connectivity index (χ2n) is 5.30. The van der Waals surface area contributed by atoms with Crippen molar-refractivity contribution in [2.45, 2.75) is 13.8 Å². The highest BCUT2D eigenvalue weighted by molar-refractivity contribution is 6.35. The number of aromatic nitrogens is 2. The molecule has 0 aliphatic rings. The lowest BCUT2D eigenvalue weighted by Crippen LogP contribution is -2.18. The first-order chi connectivity index (χ1) is 11.0. The van der Waals surface area contributed by atoms with Gasteiger partial charge in [0.25, 0.3) is 5.91 Å². The van der Waals surface area contributed by atoms with Gasteiger partial charge in [-0.1, -0.05) is 23.2 Å². The second-order valence-corrected chi connectivity index (χ2v) is 6.14. The third kappa shape index (κ3) is 3.19. The zero-order valence-corrected chi connectivity index (χ0v) is 14.1. The van der Waals surface area contributed by atoms with Gasteiger partial charge in [0.1, 0.15) is 12.1 Å². The van der Waals surface area contributed by atoms with Crippen LogP contribution in [0.2, 0.25) is 10.0 Å². The predicted molar refractivity (Wildman–Crippen MR) is 91.8 cm³/mol. The molecular formula is C17H14Cl2N2O2. The summed E-state index contributed by atoms with van der Waals surface area (Å²) in [6, 6.07) is 8.78. The summed E-state index contributed by atoms with van der Waals surface area (Å²) in [5.74, 6) is 0.197. The van der Waals surface area contributed by atoms with Gasteiger partial charge in [0.2, 0.25) is 0 Å². The molecule has 2 aromatic carbocycles. The fourth-order valence-electron chi connectivity index (χ4n) is 2.26. The average Bonchev–Trinajstić information content (AvgIpc) is 2.89. The Morgan fingerprint density at radius 1 is 1.17 bits per heavy atom. The molecule has 4 nitrogen and oxygen atoms in total. The van der Waals surface area contributed by atoms with Crippen molar-refractivity contribution in [3.63, 3.8) is 0 Å². The number of hydrogen-bond donors (Lipinski definition) is 0. The van der Waals surface area contributed by atoms with Crippen LogP contribution in [0.1, 0.15) is 15.9 Å². The number of imidazole rings is 1. The Labute approximate surface area is 143 Å². The number of halogens is 2. The van der Waals surface area contributed by atoms with Gasteiger partial charge in [0, 0.05) is 5.02 Å². The van der Waals surface area contributed by atoms with Crippen LogP contribution in [0.25, 0.3) is 11.0 Å². The largest absolute Gasteiger partial charge is 0.482 e. The van der Waals surface area contributed by atoms with Gasteiger partial charge in [0.15, 0.2) is 6.61 Å². The number of rotatable bonds is 3. The molecule has 0 saturated carbocycles. The average molecular weight is 349 g/mol. The normalized spacial score (nSPS) is 11.0. The van der Waals surface area contributed by atoms with Crippen molar-refractivity contribution in [1.29, 1.82) is 0 Å². The van der Waals surface area contributed by atoms with E-state index < -0.39 is 0 Å². The third-order valence-electron chi connectivity index (χ3n) is 3.68. The molecule has 0 bridgehead atoms. The van der Waals surface area contributed by atoms with E-state index in [-0.39, 0.29) is 12.5 Å². The number of fused-ring (bicyclic) bond motifs is 1. The molecule has 1 heterocycles. The first-order valence-corrected chi connectivity index (χ1v) is 7.76. The van der Waals surface area contributed by atoms with Gasteiger partial charge in [-0.25, -0.2) is 4.98 Å². The molecule has 0 aliphatic carbocycles. The number of aryl methyl sites for hydroxylation is 2. The van der Waals surface area contributed by atoms with Gasteiger partial charge < -0.3 is 4.74 Å². The zero-order chi connectivity index (χ0) is 16.6. The monoisotopic (exact) mass is 348 g/mol. The number of carbonyl (C=O) groups is 1. The van der Waals surface area contributed by atoms with E-state index in [2.05, 4.69) is 4.98 Å². The van der Waals surface area contributed by atoms with E-state index in [9.17, 15) is 4.79 Å². The van der Waals surface area contributed by atoms with Crippen molar-refractivity contribution in [3.8, 4) is 5.75 Å². The Hall–Kier alpha value is -2.04. The third-order valence-corrected chi connectivity index (χ3v) is 4.21. The van der Waals surface area contributed by atoms with Gasteiger partial charge in [-0.3, -0.25) is 9.36 Å². The number of nitrogens with zero attached hydrogens (tertiary/aromatic N) is 2. The molecule has 6 heteroatoms. The zero-order valence-electron chi connectivity index (χ0n) is 12.6. The number of ether oxygens (including phenoxy) is 1. The van der Waals surface area contributed by atoms with E-state index in [0.717, 1.165) is 22.2 Å². The summed E-state index contributed by atoms with van der Waals surface area (Å²) in [4.78, 5) is 16.7. The molecule has 0 N–H and O–H groups in total. The van der Waals surface area contributed by atoms with Crippen molar-refractivity contribution in [1.82, 2.24) is 9.55 Å². The molecule has 1 aromatic heterocycles. The fourth-order valence-corrected chi connectivity index (χ4v) is 2.73. The minimum Gasteiger partial charge on any atom is -0.482 e. The lowest BCUT2D eigenvalue weighted by Gasteiger charge is -2.09. The first-order valence-electron chi connectivity index (χ1n) is 7.01. The fraction of sp³-hybridized carbons (Fsp3) is 0.176. The van der Waals surface area contributed by atoms with Crippen LogP contribution in [0.4, 0.5) is 0 Å². The van der Waals surface area contributed by atoms with Crippen LogP contribution in [0.3, 0.4) is 0 Å². The topological polar surface area (TPSA) is 44.1 Å². The summed E-state index contributed by atoms with van der Waals surface area (Å²) in [7, 11) is 0. The van der Waals surface area contributed by atoms with E-state index in [1.165, 1.54) is 10.9 Å². The molecule has 0 spiro atoms. The first kappa shape index (κ1) is 15.8. The maximum absolute atomic E-state index is 12.4. The summed E-state index contributed by atoms with van der Waals surface area (Å²) in [5, 5.41) is 0.882. The number of carbonyl (C=O) groups excluding carboxylic acids is 1. The van der Waals surface area contributed by atoms with Crippen molar-refractivity contribution in [3.05, 3.63) is 57.8 Å². The lowest BCUT2D eigenvalue weighted by molar-refractivity contribution is 0.0842. The molecule has 3 aromatic rings. The van der Waals surface area contributed by atoms with E-state index in [1.54, 1.807) is 18.2 Å². The Kier molecular flexibility index (Phi) is 4.28. The van der Waals surface area contributed by atoms with Gasteiger partial charge in [-0.15, -0.1) is 0 Å². The van der Waals surface area contributed by atoms with Crippen LogP contribution in [-0.2, 0) is 0 Å². The van der Waals surface area contributed by atoms with Gasteiger partial charge in [0.05, 0.1) is 16.1 Å². The van der Waals surface area contributed by atoms with Crippen LogP contribution >= 0.6 is 23.2 Å². The van der Waals surface area contributed by atoms with Crippen molar-refractivity contribution in [2.75, 3.05) is 6.61 Å². The highest BCUT2D eigenvalue weighted by Gasteiger charge is 2.13. The summed E-state index contributed by atoms with van der Waals surface area (Å²) < 4.78 is 6.98. The molecule has 0 fully saturated rings. The Morgan fingerprint density at radius 3 is 2.65 bits per heavy atom. The van der Waals surface area contributed by atoms with Crippen LogP contribution in [0.15, 0.2) is 36.7 Å². The maximum atomic E-state index is 12.4. The highest BCUT2D eigenvalue weighted by atomic mass is 35.5. The van der Waals surface area contributed by atoms with E-state index in [1.807, 2.05) is 26.0 Å². The molecule has 0 saturated heterocycles. The Morgan fingerprint density at radius 2 is 1.91 bits per heavy atom. The molecular weight excluding hydrogens is 335 g/mol. The maximum Gasteiger partial charge on any atom is 0.270 e. The molecule has 23 heavy (non-hydrogen) atoms. The molecule has 0 atom stereocenters. The molecule has 0 amide bonds. The Bertz CT molecular complexity index is 903.